The van der Waals surface area contributed by atoms with Crippen molar-refractivity contribution in [1.82, 2.24) is 0 Å². The van der Waals surface area contributed by atoms with E-state index >= 15 is 0 Å². The van der Waals surface area contributed by atoms with Gasteiger partial charge in [0.15, 0.2) is 0 Å². The first-order valence-corrected chi connectivity index (χ1v) is 12.4. The van der Waals surface area contributed by atoms with Crippen LogP contribution in [0.1, 0.15) is 0 Å². The molecule has 7 heteroatoms. The zero-order valence-electron chi connectivity index (χ0n) is 6.46. The maximum absolute atomic E-state index is 3.11. The van der Waals surface area contributed by atoms with Gasteiger partial charge in [0.2, 0.25) is 0 Å². The Kier molecular flexibility index (Phi) is 27.6. The Morgan fingerprint density at radius 1 is 0.846 bits per heavy atom. The van der Waals surface area contributed by atoms with Crippen molar-refractivity contribution < 1.29 is 51.0 Å². The van der Waals surface area contributed by atoms with Crippen molar-refractivity contribution in [1.29, 1.82) is 0 Å². The topological polar surface area (TPSA) is 0 Å². The van der Waals surface area contributed by atoms with E-state index in [-0.39, 0.29) is 51.0 Å². The van der Waals surface area contributed by atoms with E-state index in [0.717, 1.165) is 14.3 Å². The van der Waals surface area contributed by atoms with Crippen LogP contribution < -0.4 is 24.8 Å². The minimum Gasteiger partial charge on any atom is -1.00 e. The number of hydrogen-bond acceptors (Lipinski definition) is 0. The molecule has 0 amide bonds. The molecule has 0 aromatic heterocycles. The normalized spacial score (nSPS) is 19.7. The van der Waals surface area contributed by atoms with Crippen molar-refractivity contribution >= 4 is 53.6 Å². The van der Waals surface area contributed by atoms with Gasteiger partial charge in [-0.3, -0.25) is 0 Å². The molecule has 0 nitrogen and oxygen atoms in total. The SMILES string of the molecule is [C-]1=CC=[As]P1.[C-]1=CC=[As]P1.[Cl-].[Cl-].[Zr+4]. The van der Waals surface area contributed by atoms with Crippen LogP contribution >= 0.6 is 14.3 Å². The third-order valence-corrected chi connectivity index (χ3v) is 7.62. The Morgan fingerprint density at radius 2 is 1.23 bits per heavy atom. The molecule has 2 aliphatic rings. The fourth-order valence-electron chi connectivity index (χ4n) is 0.373. The van der Waals surface area contributed by atoms with Crippen molar-refractivity contribution in [3.8, 4) is 0 Å². The Morgan fingerprint density at radius 3 is 1.31 bits per heavy atom. The smallest absolute Gasteiger partial charge is 1.00 e. The zero-order chi connectivity index (χ0) is 7.07. The van der Waals surface area contributed by atoms with Gasteiger partial charge in [0, 0.05) is 0 Å². The van der Waals surface area contributed by atoms with Crippen LogP contribution in [0, 0.1) is 11.6 Å². The molecule has 2 rings (SSSR count). The van der Waals surface area contributed by atoms with E-state index in [4.69, 9.17) is 0 Å². The van der Waals surface area contributed by atoms with Crippen molar-refractivity contribution in [3.05, 3.63) is 23.8 Å². The molecule has 0 spiro atoms. The molecule has 2 heterocycles. The van der Waals surface area contributed by atoms with E-state index in [1.165, 1.54) is 0 Å². The first-order chi connectivity index (χ1) is 5.00. The van der Waals surface area contributed by atoms with Gasteiger partial charge < -0.3 is 24.8 Å². The predicted octanol–water partition coefficient (Wildman–Crippen LogP) is -5.16. The molecular weight excluding hydrogens is 446 g/mol. The van der Waals surface area contributed by atoms with Gasteiger partial charge in [-0.15, -0.1) is 0 Å². The minimum atomic E-state index is 0. The summed E-state index contributed by atoms with van der Waals surface area (Å²) >= 11 is 1.18. The van der Waals surface area contributed by atoms with E-state index < -0.39 is 0 Å². The van der Waals surface area contributed by atoms with Crippen LogP contribution in [0.5, 0.6) is 0 Å². The van der Waals surface area contributed by atoms with E-state index in [0.29, 0.717) is 29.7 Å². The van der Waals surface area contributed by atoms with Crippen molar-refractivity contribution in [2.75, 3.05) is 0 Å². The van der Waals surface area contributed by atoms with Crippen LogP contribution in [-0.2, 0) is 26.2 Å². The van der Waals surface area contributed by atoms with Gasteiger partial charge >= 0.3 is 104 Å². The maximum Gasteiger partial charge on any atom is 4.00 e. The fourth-order valence-corrected chi connectivity index (χ4v) is 5.81. The maximum atomic E-state index is 3.11. The summed E-state index contributed by atoms with van der Waals surface area (Å²) in [6, 6.07) is 0. The van der Waals surface area contributed by atoms with E-state index in [1.54, 1.807) is 0 Å². The van der Waals surface area contributed by atoms with Crippen molar-refractivity contribution in [2.45, 2.75) is 0 Å². The van der Waals surface area contributed by atoms with Crippen LogP contribution in [-0.4, -0.2) is 39.3 Å². The molecule has 0 fully saturated rings. The van der Waals surface area contributed by atoms with E-state index in [9.17, 15) is 0 Å². The molecule has 0 saturated heterocycles. The molecule has 0 aromatic rings. The second-order valence-corrected chi connectivity index (χ2v) is 10.3. The number of rotatable bonds is 0. The first kappa shape index (κ1) is 21.0. The van der Waals surface area contributed by atoms with Crippen LogP contribution in [0.4, 0.5) is 0 Å². The van der Waals surface area contributed by atoms with Crippen LogP contribution in [0.2, 0.25) is 0 Å². The second kappa shape index (κ2) is 17.1. The minimum absolute atomic E-state index is 0. The van der Waals surface area contributed by atoms with Crippen LogP contribution in [0.25, 0.3) is 0 Å². The third-order valence-electron chi connectivity index (χ3n) is 0.723. The summed E-state index contributed by atoms with van der Waals surface area (Å²) in [7, 11) is 2.08. The number of halogens is 2. The molecule has 2 atom stereocenters. The van der Waals surface area contributed by atoms with Gasteiger partial charge in [-0.2, -0.15) is 0 Å². The van der Waals surface area contributed by atoms with Crippen LogP contribution in [0.3, 0.4) is 0 Å². The van der Waals surface area contributed by atoms with Gasteiger partial charge in [-0.25, -0.2) is 0 Å². The van der Waals surface area contributed by atoms with Gasteiger partial charge in [-0.05, 0) is 0 Å². The summed E-state index contributed by atoms with van der Waals surface area (Å²) in [5.74, 6) is 6.22. The average Bonchev–Trinajstić information content (AvgIpc) is 2.67. The molecule has 0 radical (unpaired) electrons. The molecule has 0 aromatic carbocycles. The Balaban J connectivity index is -0.000000125. The Labute approximate surface area is 127 Å². The van der Waals surface area contributed by atoms with Crippen LogP contribution in [0.15, 0.2) is 12.2 Å². The van der Waals surface area contributed by atoms with Gasteiger partial charge in [0.25, 0.3) is 0 Å². The largest absolute Gasteiger partial charge is 4.00 e. The molecular formula is C6H6As2Cl2P2Zr. The third kappa shape index (κ3) is 14.7. The summed E-state index contributed by atoms with van der Waals surface area (Å²) in [4.78, 5) is 4.46. The van der Waals surface area contributed by atoms with Crippen molar-refractivity contribution in [3.63, 3.8) is 0 Å². The summed E-state index contributed by atoms with van der Waals surface area (Å²) < 4.78 is 0. The predicted molar refractivity (Wildman–Crippen MR) is 55.9 cm³/mol. The molecule has 0 bridgehead atoms. The molecule has 2 unspecified atom stereocenters. The molecule has 13 heavy (non-hydrogen) atoms. The van der Waals surface area contributed by atoms with E-state index in [2.05, 4.69) is 21.2 Å². The molecule has 0 saturated carbocycles. The summed E-state index contributed by atoms with van der Waals surface area (Å²) in [5, 5.41) is 0. The standard InChI is InChI=1S/2C3H3AsP.2ClH.Zr/c2*1-2-4-5-3-1;;;/h2*1-2,5H;2*1H;/q2*-1;;;+4/p-2. The van der Waals surface area contributed by atoms with Crippen molar-refractivity contribution in [2.24, 2.45) is 0 Å². The number of hydrogen-bond donors (Lipinski definition) is 0. The molecule has 0 aliphatic carbocycles. The molecule has 68 valence electrons. The first-order valence-electron chi connectivity index (χ1n) is 2.71. The van der Waals surface area contributed by atoms with Gasteiger partial charge in [-0.1, -0.05) is 0 Å². The van der Waals surface area contributed by atoms with E-state index in [1.807, 2.05) is 12.2 Å². The van der Waals surface area contributed by atoms with Gasteiger partial charge in [0.1, 0.15) is 0 Å². The number of allylic oxidation sites excluding steroid dienone is 2. The average molecular weight is 452 g/mol. The summed E-state index contributed by atoms with van der Waals surface area (Å²) in [6.07, 6.45) is 4.08. The second-order valence-electron chi connectivity index (χ2n) is 1.40. The molecule has 2 aliphatic heterocycles. The Bertz CT molecular complexity index is 165. The quantitative estimate of drug-likeness (QED) is 0.196. The Hall–Kier alpha value is 2.66. The van der Waals surface area contributed by atoms with Gasteiger partial charge in [0.05, 0.1) is 0 Å². The summed E-state index contributed by atoms with van der Waals surface area (Å²) in [6.45, 7) is 0. The zero-order valence-corrected chi connectivity index (χ0v) is 16.2. The summed E-state index contributed by atoms with van der Waals surface area (Å²) in [5.41, 5.74) is 0. The fraction of sp³-hybridized carbons (Fsp3) is 0. The monoisotopic (exact) mass is 450 g/mol. The molecule has 0 N–H and O–H groups in total.